The van der Waals surface area contributed by atoms with Gasteiger partial charge in [-0.2, -0.15) is 0 Å². The molecule has 1 unspecified atom stereocenters. The van der Waals surface area contributed by atoms with Crippen LogP contribution in [0.1, 0.15) is 57.2 Å². The Kier molecular flexibility index (Phi) is 6.62. The van der Waals surface area contributed by atoms with E-state index in [1.807, 2.05) is 6.07 Å². The fraction of sp³-hybridized carbons (Fsp3) is 0.500. The highest BCUT2D eigenvalue weighted by Gasteiger charge is 2.19. The van der Waals surface area contributed by atoms with Gasteiger partial charge in [0, 0.05) is 24.9 Å². The zero-order valence-corrected chi connectivity index (χ0v) is 16.0. The van der Waals surface area contributed by atoms with Gasteiger partial charge < -0.3 is 15.1 Å². The minimum Gasteiger partial charge on any atom is -0.443 e. The summed E-state index contributed by atoms with van der Waals surface area (Å²) in [4.78, 5) is 8.62. The molecule has 1 heterocycles. The number of hydrogen-bond acceptors (Lipinski definition) is 3. The highest BCUT2D eigenvalue weighted by molar-refractivity contribution is 5.79. The van der Waals surface area contributed by atoms with Crippen molar-refractivity contribution in [2.75, 3.05) is 13.6 Å². The monoisotopic (exact) mass is 342 g/mol. The lowest BCUT2D eigenvalue weighted by molar-refractivity contribution is 0.379. The zero-order chi connectivity index (χ0) is 18.3. The predicted octanol–water partition coefficient (Wildman–Crippen LogP) is 3.83. The maximum absolute atomic E-state index is 5.80. The Morgan fingerprint density at radius 3 is 2.48 bits per heavy atom. The lowest BCUT2D eigenvalue weighted by Gasteiger charge is -2.18. The molecule has 0 aliphatic carbocycles. The predicted molar refractivity (Wildman–Crippen MR) is 103 cm³/mol. The van der Waals surface area contributed by atoms with Crippen LogP contribution in [-0.2, 0) is 12.0 Å². The van der Waals surface area contributed by atoms with Crippen LogP contribution >= 0.6 is 0 Å². The SMILES string of the molecule is CCC(CNC(=NC)NCc1ncc(C(C)(C)C)o1)c1ccccc1. The number of oxazole rings is 1. The zero-order valence-electron chi connectivity index (χ0n) is 16.0. The smallest absolute Gasteiger partial charge is 0.213 e. The summed E-state index contributed by atoms with van der Waals surface area (Å²) >= 11 is 0. The van der Waals surface area contributed by atoms with Gasteiger partial charge in [0.25, 0.3) is 0 Å². The molecule has 0 spiro atoms. The normalized spacial score (nSPS) is 13.6. The van der Waals surface area contributed by atoms with Crippen LogP contribution in [0.25, 0.3) is 0 Å². The number of guanidine groups is 1. The lowest BCUT2D eigenvalue weighted by atomic mass is 9.94. The van der Waals surface area contributed by atoms with Crippen LogP contribution in [0.2, 0.25) is 0 Å². The van der Waals surface area contributed by atoms with Gasteiger partial charge in [0.1, 0.15) is 5.76 Å². The largest absolute Gasteiger partial charge is 0.443 e. The Balaban J connectivity index is 1.87. The fourth-order valence-corrected chi connectivity index (χ4v) is 2.56. The third-order valence-electron chi connectivity index (χ3n) is 4.20. The van der Waals surface area contributed by atoms with Crippen LogP contribution in [0.15, 0.2) is 45.9 Å². The minimum atomic E-state index is -0.0325. The third-order valence-corrected chi connectivity index (χ3v) is 4.20. The van der Waals surface area contributed by atoms with Crippen LogP contribution in [0.3, 0.4) is 0 Å². The molecule has 0 amide bonds. The highest BCUT2D eigenvalue weighted by atomic mass is 16.4. The molecule has 0 aliphatic heterocycles. The Hall–Kier alpha value is -2.30. The quantitative estimate of drug-likeness (QED) is 0.619. The van der Waals surface area contributed by atoms with E-state index in [1.54, 1.807) is 13.2 Å². The summed E-state index contributed by atoms with van der Waals surface area (Å²) in [5.74, 6) is 2.77. The summed E-state index contributed by atoms with van der Waals surface area (Å²) in [7, 11) is 1.77. The van der Waals surface area contributed by atoms with E-state index in [4.69, 9.17) is 4.42 Å². The van der Waals surface area contributed by atoms with Crippen LogP contribution in [0.4, 0.5) is 0 Å². The molecule has 0 bridgehead atoms. The van der Waals surface area contributed by atoms with Gasteiger partial charge in [-0.15, -0.1) is 0 Å². The minimum absolute atomic E-state index is 0.0325. The van der Waals surface area contributed by atoms with Crippen molar-refractivity contribution >= 4 is 5.96 Å². The van der Waals surface area contributed by atoms with Crippen molar-refractivity contribution in [3.8, 4) is 0 Å². The maximum Gasteiger partial charge on any atom is 0.213 e. The molecule has 0 aliphatic rings. The van der Waals surface area contributed by atoms with Crippen molar-refractivity contribution < 1.29 is 4.42 Å². The summed E-state index contributed by atoms with van der Waals surface area (Å²) in [5, 5.41) is 6.66. The number of hydrogen-bond donors (Lipinski definition) is 2. The van der Waals surface area contributed by atoms with Crippen molar-refractivity contribution in [3.63, 3.8) is 0 Å². The molecule has 1 aromatic carbocycles. The van der Waals surface area contributed by atoms with Gasteiger partial charge in [0.05, 0.1) is 12.7 Å². The van der Waals surface area contributed by atoms with E-state index in [1.165, 1.54) is 5.56 Å². The molecule has 5 nitrogen and oxygen atoms in total. The highest BCUT2D eigenvalue weighted by Crippen LogP contribution is 2.22. The van der Waals surface area contributed by atoms with Gasteiger partial charge >= 0.3 is 0 Å². The van der Waals surface area contributed by atoms with E-state index in [-0.39, 0.29) is 5.41 Å². The first kappa shape index (κ1) is 19.0. The Labute approximate surface area is 151 Å². The summed E-state index contributed by atoms with van der Waals surface area (Å²) in [5.41, 5.74) is 1.31. The van der Waals surface area contributed by atoms with Crippen molar-refractivity contribution in [2.45, 2.75) is 52.0 Å². The van der Waals surface area contributed by atoms with Crippen LogP contribution in [-0.4, -0.2) is 24.5 Å². The lowest BCUT2D eigenvalue weighted by Crippen LogP contribution is -2.39. The van der Waals surface area contributed by atoms with E-state index in [9.17, 15) is 0 Å². The van der Waals surface area contributed by atoms with Crippen molar-refractivity contribution in [3.05, 3.63) is 53.7 Å². The first-order chi connectivity index (χ1) is 11.9. The van der Waals surface area contributed by atoms with Crippen molar-refractivity contribution in [2.24, 2.45) is 4.99 Å². The second-order valence-corrected chi connectivity index (χ2v) is 7.19. The van der Waals surface area contributed by atoms with E-state index in [0.29, 0.717) is 18.4 Å². The van der Waals surface area contributed by atoms with E-state index in [2.05, 4.69) is 72.6 Å². The molecular formula is C20H30N4O. The van der Waals surface area contributed by atoms with Crippen LogP contribution in [0, 0.1) is 0 Å². The third kappa shape index (κ3) is 5.62. The van der Waals surface area contributed by atoms with Gasteiger partial charge in [0.2, 0.25) is 5.89 Å². The van der Waals surface area contributed by atoms with Crippen molar-refractivity contribution in [1.82, 2.24) is 15.6 Å². The summed E-state index contributed by atoms with van der Waals surface area (Å²) in [6.07, 6.45) is 2.87. The number of aromatic nitrogens is 1. The Morgan fingerprint density at radius 2 is 1.92 bits per heavy atom. The number of aliphatic imine (C=N–C) groups is 1. The second kappa shape index (κ2) is 8.70. The number of nitrogens with zero attached hydrogens (tertiary/aromatic N) is 2. The molecular weight excluding hydrogens is 312 g/mol. The molecule has 0 saturated heterocycles. The van der Waals surface area contributed by atoms with E-state index < -0.39 is 0 Å². The van der Waals surface area contributed by atoms with Gasteiger partial charge in [-0.3, -0.25) is 4.99 Å². The molecule has 136 valence electrons. The van der Waals surface area contributed by atoms with Gasteiger partial charge in [0.15, 0.2) is 5.96 Å². The topological polar surface area (TPSA) is 62.5 Å². The average molecular weight is 342 g/mol. The number of benzene rings is 1. The number of rotatable bonds is 6. The standard InChI is InChI=1S/C20H30N4O/c1-6-15(16-10-8-7-9-11-16)12-23-19(21-5)24-14-18-22-13-17(25-18)20(2,3)4/h7-11,13,15H,6,12,14H2,1-5H3,(H2,21,23,24). The van der Waals surface area contributed by atoms with Crippen molar-refractivity contribution in [1.29, 1.82) is 0 Å². The number of nitrogens with one attached hydrogen (secondary N) is 2. The molecule has 2 rings (SSSR count). The second-order valence-electron chi connectivity index (χ2n) is 7.19. The molecule has 1 atom stereocenters. The van der Waals surface area contributed by atoms with E-state index in [0.717, 1.165) is 24.7 Å². The van der Waals surface area contributed by atoms with Gasteiger partial charge in [-0.25, -0.2) is 4.98 Å². The Bertz CT molecular complexity index is 671. The fourth-order valence-electron chi connectivity index (χ4n) is 2.56. The molecule has 1 aromatic heterocycles. The van der Waals surface area contributed by atoms with Crippen LogP contribution in [0.5, 0.6) is 0 Å². The molecule has 0 fully saturated rings. The molecule has 0 radical (unpaired) electrons. The Morgan fingerprint density at radius 1 is 1.20 bits per heavy atom. The summed E-state index contributed by atoms with van der Waals surface area (Å²) < 4.78 is 5.80. The molecule has 2 N–H and O–H groups in total. The molecule has 2 aromatic rings. The molecule has 25 heavy (non-hydrogen) atoms. The van der Waals surface area contributed by atoms with E-state index >= 15 is 0 Å². The first-order valence-electron chi connectivity index (χ1n) is 8.88. The first-order valence-corrected chi connectivity index (χ1v) is 8.88. The van der Waals surface area contributed by atoms with Crippen LogP contribution < -0.4 is 10.6 Å². The molecule has 5 heteroatoms. The summed E-state index contributed by atoms with van der Waals surface area (Å²) in [6.45, 7) is 9.88. The maximum atomic E-state index is 5.80. The van der Waals surface area contributed by atoms with Gasteiger partial charge in [-0.05, 0) is 12.0 Å². The molecule has 0 saturated carbocycles. The van der Waals surface area contributed by atoms with Gasteiger partial charge in [-0.1, -0.05) is 58.0 Å². The average Bonchev–Trinajstić information content (AvgIpc) is 3.08. The summed E-state index contributed by atoms with van der Waals surface area (Å²) in [6, 6.07) is 10.6.